The summed E-state index contributed by atoms with van der Waals surface area (Å²) in [6.07, 6.45) is 4.99. The Morgan fingerprint density at radius 1 is 1.06 bits per heavy atom. The van der Waals surface area contributed by atoms with Gasteiger partial charge in [-0.2, -0.15) is 5.10 Å². The number of methoxy groups -OCH3 is 1. The van der Waals surface area contributed by atoms with Crippen LogP contribution in [0.5, 0.6) is 5.75 Å². The number of rotatable bonds is 6. The zero-order valence-corrected chi connectivity index (χ0v) is 30.5. The van der Waals surface area contributed by atoms with Crippen molar-refractivity contribution in [1.82, 2.24) is 29.7 Å². The van der Waals surface area contributed by atoms with Crippen LogP contribution in [0.3, 0.4) is 0 Å². The number of fused-ring (bicyclic) bond motifs is 2. The first-order valence-corrected chi connectivity index (χ1v) is 18.3. The van der Waals surface area contributed by atoms with Gasteiger partial charge < -0.3 is 40.0 Å². The minimum absolute atomic E-state index is 0.210. The molecular formula is C36H43FN8O6S. The fourth-order valence-corrected chi connectivity index (χ4v) is 8.07. The molecule has 3 aromatic heterocycles. The van der Waals surface area contributed by atoms with E-state index in [0.717, 1.165) is 41.0 Å². The van der Waals surface area contributed by atoms with E-state index in [4.69, 9.17) is 19.9 Å². The van der Waals surface area contributed by atoms with Gasteiger partial charge in [-0.25, -0.2) is 23.5 Å². The third kappa shape index (κ3) is 7.16. The van der Waals surface area contributed by atoms with Gasteiger partial charge in [0.1, 0.15) is 34.2 Å². The number of anilines is 2. The quantitative estimate of drug-likeness (QED) is 0.266. The molecule has 4 aromatic rings. The Kier molecular flexibility index (Phi) is 9.59. The molecule has 2 fully saturated rings. The van der Waals surface area contributed by atoms with Gasteiger partial charge in [0.2, 0.25) is 0 Å². The van der Waals surface area contributed by atoms with E-state index in [9.17, 15) is 18.8 Å². The van der Waals surface area contributed by atoms with Gasteiger partial charge in [0.15, 0.2) is 11.6 Å². The minimum Gasteiger partial charge on any atom is -0.488 e. The second-order valence-corrected chi connectivity index (χ2v) is 15.4. The van der Waals surface area contributed by atoms with Crippen molar-refractivity contribution in [2.75, 3.05) is 57.0 Å². The predicted octanol–water partition coefficient (Wildman–Crippen LogP) is 5.31. The summed E-state index contributed by atoms with van der Waals surface area (Å²) in [6, 6.07) is 6.25. The molecule has 0 aliphatic carbocycles. The van der Waals surface area contributed by atoms with E-state index in [2.05, 4.69) is 20.3 Å². The van der Waals surface area contributed by atoms with Crippen LogP contribution in [0.4, 0.5) is 25.5 Å². The van der Waals surface area contributed by atoms with E-state index < -0.39 is 17.5 Å². The number of hydrogen-bond acceptors (Lipinski definition) is 11. The average molecular weight is 735 g/mol. The van der Waals surface area contributed by atoms with E-state index in [-0.39, 0.29) is 24.1 Å². The monoisotopic (exact) mass is 734 g/mol. The van der Waals surface area contributed by atoms with Crippen LogP contribution in [0.15, 0.2) is 36.7 Å². The molecular weight excluding hydrogens is 692 g/mol. The molecule has 3 N–H and O–H groups in total. The van der Waals surface area contributed by atoms with Crippen LogP contribution < -0.4 is 20.7 Å². The number of halogens is 1. The lowest BCUT2D eigenvalue weighted by atomic mass is 10.0. The Bertz CT molecular complexity index is 2050. The number of thiophene rings is 1. The molecule has 1 atom stereocenters. The maximum Gasteiger partial charge on any atom is 0.410 e. The minimum atomic E-state index is -0.592. The number of benzene rings is 1. The summed E-state index contributed by atoms with van der Waals surface area (Å²) in [7, 11) is 1.36. The van der Waals surface area contributed by atoms with Crippen LogP contribution in [0.1, 0.15) is 61.8 Å². The van der Waals surface area contributed by atoms with Crippen molar-refractivity contribution in [3.05, 3.63) is 53.1 Å². The van der Waals surface area contributed by atoms with Crippen molar-refractivity contribution < 1.29 is 33.0 Å². The Hall–Kier alpha value is -5.12. The summed E-state index contributed by atoms with van der Waals surface area (Å²) in [5, 5.41) is 8.27. The molecule has 7 rings (SSSR count). The van der Waals surface area contributed by atoms with Crippen molar-refractivity contribution in [3.63, 3.8) is 0 Å². The highest BCUT2D eigenvalue weighted by Gasteiger charge is 2.32. The van der Waals surface area contributed by atoms with Gasteiger partial charge in [0.25, 0.3) is 5.91 Å². The molecule has 0 unspecified atom stereocenters. The number of nitrogen functional groups attached to an aromatic ring is 1. The first kappa shape index (κ1) is 35.3. The molecule has 0 bridgehead atoms. The van der Waals surface area contributed by atoms with E-state index in [1.165, 1.54) is 36.9 Å². The first-order valence-electron chi connectivity index (χ1n) is 17.5. The third-order valence-corrected chi connectivity index (χ3v) is 10.7. The molecule has 3 aliphatic heterocycles. The van der Waals surface area contributed by atoms with Gasteiger partial charge in [-0.3, -0.25) is 4.79 Å². The summed E-state index contributed by atoms with van der Waals surface area (Å²) in [4.78, 5) is 48.9. The number of carbonyl (C=O) groups excluding carboxylic acids is 3. The summed E-state index contributed by atoms with van der Waals surface area (Å²) in [5.41, 5.74) is 9.03. The molecule has 6 heterocycles. The standard InChI is InChI=1S/C36H43FN8O6S/c1-36(2,3)51-35(48)42-14-10-24(11-15-42)50-30-25-16-22(37)7-8-28(25)52-31(30)33(46)41-23-6-5-12-43(19-23)27-17-26(45-29(27)32(38)39-20-40-45)21-9-13-44(18-21)34(47)49-4/h7-9,16-17,20,23-24H,5-6,10-15,18-19H2,1-4H3,(H,41,46)(H2,38,39,40)/t23-/m1/s1. The number of piperidine rings is 2. The van der Waals surface area contributed by atoms with Gasteiger partial charge in [0, 0.05) is 61.7 Å². The highest BCUT2D eigenvalue weighted by Crippen LogP contribution is 2.40. The lowest BCUT2D eigenvalue weighted by molar-refractivity contribution is 0.0127. The number of ether oxygens (including phenoxy) is 3. The second-order valence-electron chi connectivity index (χ2n) is 14.3. The molecule has 0 saturated carbocycles. The van der Waals surface area contributed by atoms with Crippen molar-refractivity contribution in [3.8, 4) is 5.75 Å². The van der Waals surface area contributed by atoms with E-state index in [0.29, 0.717) is 72.9 Å². The molecule has 14 nitrogen and oxygen atoms in total. The first-order chi connectivity index (χ1) is 24.9. The van der Waals surface area contributed by atoms with Gasteiger partial charge in [-0.05, 0) is 63.5 Å². The van der Waals surface area contributed by atoms with Gasteiger partial charge >= 0.3 is 12.2 Å². The summed E-state index contributed by atoms with van der Waals surface area (Å²) in [6.45, 7) is 8.41. The molecule has 0 radical (unpaired) electrons. The zero-order valence-electron chi connectivity index (χ0n) is 29.7. The zero-order chi connectivity index (χ0) is 36.7. The number of carbonyl (C=O) groups is 3. The molecule has 276 valence electrons. The molecule has 3 aliphatic rings. The molecule has 3 amide bonds. The topological polar surface area (TPSA) is 157 Å². The number of likely N-dealkylation sites (tertiary alicyclic amines) is 1. The average Bonchev–Trinajstić information content (AvgIpc) is 3.84. The lowest BCUT2D eigenvalue weighted by Crippen LogP contribution is -2.47. The molecule has 1 aromatic carbocycles. The van der Waals surface area contributed by atoms with Crippen LogP contribution in [0, 0.1) is 5.82 Å². The fourth-order valence-electron chi connectivity index (χ4n) is 7.05. The highest BCUT2D eigenvalue weighted by atomic mass is 32.1. The maximum absolute atomic E-state index is 14.5. The molecule has 16 heteroatoms. The molecule has 0 spiro atoms. The van der Waals surface area contributed by atoms with Crippen LogP contribution in [0.25, 0.3) is 21.2 Å². The summed E-state index contributed by atoms with van der Waals surface area (Å²) >= 11 is 1.27. The van der Waals surface area contributed by atoms with Gasteiger partial charge in [-0.1, -0.05) is 6.08 Å². The van der Waals surface area contributed by atoms with E-state index >= 15 is 0 Å². The van der Waals surface area contributed by atoms with Crippen molar-refractivity contribution in [2.24, 2.45) is 0 Å². The predicted molar refractivity (Wildman–Crippen MR) is 195 cm³/mol. The van der Waals surface area contributed by atoms with Crippen LogP contribution in [-0.2, 0) is 9.47 Å². The molecule has 2 saturated heterocycles. The number of nitrogens with two attached hydrogens (primary N) is 1. The van der Waals surface area contributed by atoms with Gasteiger partial charge in [-0.15, -0.1) is 11.3 Å². The largest absolute Gasteiger partial charge is 0.488 e. The van der Waals surface area contributed by atoms with Crippen molar-refractivity contribution in [1.29, 1.82) is 0 Å². The fraction of sp³-hybridized carbons (Fsp3) is 0.472. The SMILES string of the molecule is COC(=O)N1CC=C(c2cc(N3CCC[C@@H](NC(=O)c4sc5ccc(F)cc5c4OC4CCN(C(=O)OC(C)(C)C)CC4)C3)c3c(N)ncnn23)C1. The van der Waals surface area contributed by atoms with Crippen LogP contribution in [-0.4, -0.2) is 107 Å². The Balaban J connectivity index is 1.08. The summed E-state index contributed by atoms with van der Waals surface area (Å²) in [5.74, 6) is -0.0289. The Morgan fingerprint density at radius 3 is 2.60 bits per heavy atom. The summed E-state index contributed by atoms with van der Waals surface area (Å²) < 4.78 is 33.9. The van der Waals surface area contributed by atoms with E-state index in [1.807, 2.05) is 32.9 Å². The number of nitrogens with zero attached hydrogens (tertiary/aromatic N) is 6. The van der Waals surface area contributed by atoms with Crippen molar-refractivity contribution in [2.45, 2.75) is 64.2 Å². The molecule has 52 heavy (non-hydrogen) atoms. The highest BCUT2D eigenvalue weighted by molar-refractivity contribution is 7.21. The number of nitrogens with one attached hydrogen (secondary N) is 1. The van der Waals surface area contributed by atoms with Crippen LogP contribution >= 0.6 is 11.3 Å². The third-order valence-electron chi connectivity index (χ3n) is 9.53. The Labute approximate surface area is 304 Å². The van der Waals surface area contributed by atoms with Crippen molar-refractivity contribution >= 4 is 62.1 Å². The lowest BCUT2D eigenvalue weighted by Gasteiger charge is -2.34. The number of hydrogen-bond donors (Lipinski definition) is 2. The number of aromatic nitrogens is 3. The Morgan fingerprint density at radius 2 is 1.85 bits per heavy atom. The van der Waals surface area contributed by atoms with E-state index in [1.54, 1.807) is 20.4 Å². The van der Waals surface area contributed by atoms with Crippen LogP contribution in [0.2, 0.25) is 0 Å². The normalized spacial score (nSPS) is 18.5. The maximum atomic E-state index is 14.5. The van der Waals surface area contributed by atoms with Gasteiger partial charge in [0.05, 0.1) is 25.0 Å². The second kappa shape index (κ2) is 14.1. The number of amides is 3. The smallest absolute Gasteiger partial charge is 0.410 e.